The van der Waals surface area contributed by atoms with E-state index in [9.17, 15) is 9.59 Å². The van der Waals surface area contributed by atoms with E-state index >= 15 is 0 Å². The molecule has 7 heteroatoms. The van der Waals surface area contributed by atoms with Crippen LogP contribution in [0.2, 0.25) is 0 Å². The first kappa shape index (κ1) is 12.4. The molecule has 1 aromatic carbocycles. The highest BCUT2D eigenvalue weighted by Crippen LogP contribution is 2.09. The number of benzene rings is 1. The van der Waals surface area contributed by atoms with Gasteiger partial charge in [0.05, 0.1) is 6.21 Å². The topological polar surface area (TPSA) is 82.9 Å². The quantitative estimate of drug-likeness (QED) is 0.488. The van der Waals surface area contributed by atoms with Gasteiger partial charge < -0.3 is 0 Å². The second-order valence-electron chi connectivity index (χ2n) is 3.52. The van der Waals surface area contributed by atoms with Crippen LogP contribution in [-0.2, 0) is 9.59 Å². The zero-order chi connectivity index (χ0) is 13.0. The highest BCUT2D eigenvalue weighted by atomic mass is 79.9. The van der Waals surface area contributed by atoms with E-state index in [0.29, 0.717) is 0 Å². The molecule has 92 valence electrons. The van der Waals surface area contributed by atoms with Gasteiger partial charge in [0.15, 0.2) is 5.92 Å². The van der Waals surface area contributed by atoms with E-state index in [1.165, 1.54) is 12.4 Å². The summed E-state index contributed by atoms with van der Waals surface area (Å²) in [6, 6.07) is 7.42. The lowest BCUT2D eigenvalue weighted by Gasteiger charge is -2.01. The molecule has 1 heterocycles. The van der Waals surface area contributed by atoms with Crippen molar-refractivity contribution in [3.8, 4) is 0 Å². The van der Waals surface area contributed by atoms with Gasteiger partial charge >= 0.3 is 0 Å². The third kappa shape index (κ3) is 3.01. The van der Waals surface area contributed by atoms with Crippen molar-refractivity contribution in [1.82, 2.24) is 10.9 Å². The summed E-state index contributed by atoms with van der Waals surface area (Å²) in [5.74, 6) is -1.88. The van der Waals surface area contributed by atoms with Crippen LogP contribution < -0.4 is 10.9 Å². The minimum absolute atomic E-state index is 0.454. The molecule has 0 aliphatic carbocycles. The Morgan fingerprint density at radius 1 is 1.56 bits per heavy atom. The fourth-order valence-corrected chi connectivity index (χ4v) is 1.74. The standard InChI is InChI=1S/C11H9BrN4O2/c12-8-3-1-2-7(4-8)5-13-15-10(17)9-6-14-16-11(9)18/h1-6,9H,(H,15,17)(H,16,18)/b13-5-/t9-/m1/s1. The van der Waals surface area contributed by atoms with Gasteiger partial charge in [-0.1, -0.05) is 28.1 Å². The Balaban J connectivity index is 1.93. The van der Waals surface area contributed by atoms with Gasteiger partial charge in [-0.3, -0.25) is 9.59 Å². The number of carbonyl (C=O) groups is 2. The normalized spacial score (nSPS) is 18.1. The van der Waals surface area contributed by atoms with Crippen LogP contribution in [0.5, 0.6) is 0 Å². The van der Waals surface area contributed by atoms with E-state index < -0.39 is 17.7 Å². The maximum Gasteiger partial charge on any atom is 0.258 e. The Hall–Kier alpha value is -2.02. The van der Waals surface area contributed by atoms with Gasteiger partial charge in [-0.2, -0.15) is 10.2 Å². The Bertz CT molecular complexity index is 542. The molecule has 0 saturated carbocycles. The van der Waals surface area contributed by atoms with E-state index in [0.717, 1.165) is 10.0 Å². The number of rotatable bonds is 3. The van der Waals surface area contributed by atoms with Crippen LogP contribution in [0.15, 0.2) is 38.9 Å². The highest BCUT2D eigenvalue weighted by Gasteiger charge is 2.28. The van der Waals surface area contributed by atoms with Crippen LogP contribution in [0.25, 0.3) is 0 Å². The first-order chi connectivity index (χ1) is 8.66. The summed E-state index contributed by atoms with van der Waals surface area (Å²) >= 11 is 3.33. The summed E-state index contributed by atoms with van der Waals surface area (Å²) < 4.78 is 0.917. The molecule has 1 aliphatic rings. The molecule has 0 saturated heterocycles. The Labute approximate surface area is 111 Å². The number of hydrogen-bond acceptors (Lipinski definition) is 4. The van der Waals surface area contributed by atoms with Gasteiger partial charge in [0.1, 0.15) is 0 Å². The minimum atomic E-state index is -0.912. The van der Waals surface area contributed by atoms with Gasteiger partial charge in [-0.15, -0.1) is 0 Å². The first-order valence-electron chi connectivity index (χ1n) is 5.08. The summed E-state index contributed by atoms with van der Waals surface area (Å²) in [4.78, 5) is 22.7. The van der Waals surface area contributed by atoms with Gasteiger partial charge in [0.25, 0.3) is 11.8 Å². The Kier molecular flexibility index (Phi) is 3.83. The fourth-order valence-electron chi connectivity index (χ4n) is 1.33. The lowest BCUT2D eigenvalue weighted by atomic mass is 10.1. The van der Waals surface area contributed by atoms with Crippen molar-refractivity contribution < 1.29 is 9.59 Å². The lowest BCUT2D eigenvalue weighted by molar-refractivity contribution is -0.131. The van der Waals surface area contributed by atoms with E-state index in [1.54, 1.807) is 0 Å². The zero-order valence-electron chi connectivity index (χ0n) is 9.13. The Morgan fingerprint density at radius 3 is 3.06 bits per heavy atom. The predicted molar refractivity (Wildman–Crippen MR) is 70.0 cm³/mol. The summed E-state index contributed by atoms with van der Waals surface area (Å²) in [6.45, 7) is 0. The molecule has 1 aromatic rings. The summed E-state index contributed by atoms with van der Waals surface area (Å²) in [7, 11) is 0. The zero-order valence-corrected chi connectivity index (χ0v) is 10.7. The molecule has 0 unspecified atom stereocenters. The molecule has 6 nitrogen and oxygen atoms in total. The molecule has 1 atom stereocenters. The average Bonchev–Trinajstić information content (AvgIpc) is 2.75. The molecule has 0 radical (unpaired) electrons. The van der Waals surface area contributed by atoms with Gasteiger partial charge in [0.2, 0.25) is 0 Å². The van der Waals surface area contributed by atoms with Crippen molar-refractivity contribution >= 4 is 40.2 Å². The second kappa shape index (κ2) is 5.54. The van der Waals surface area contributed by atoms with Crippen molar-refractivity contribution in [2.75, 3.05) is 0 Å². The number of amides is 2. The molecule has 2 rings (SSSR count). The van der Waals surface area contributed by atoms with Crippen LogP contribution in [0.1, 0.15) is 5.56 Å². The van der Waals surface area contributed by atoms with Gasteiger partial charge in [-0.25, -0.2) is 10.9 Å². The van der Waals surface area contributed by atoms with Gasteiger partial charge in [-0.05, 0) is 17.7 Å². The third-order valence-corrected chi connectivity index (χ3v) is 2.69. The molecular formula is C11H9BrN4O2. The maximum absolute atomic E-state index is 11.5. The summed E-state index contributed by atoms with van der Waals surface area (Å²) in [5, 5.41) is 7.28. The molecule has 2 N–H and O–H groups in total. The predicted octanol–water partition coefficient (Wildman–Crippen LogP) is 0.631. The molecule has 2 amide bonds. The monoisotopic (exact) mass is 308 g/mol. The maximum atomic E-state index is 11.5. The van der Waals surface area contributed by atoms with Crippen LogP contribution in [-0.4, -0.2) is 24.2 Å². The molecular weight excluding hydrogens is 300 g/mol. The van der Waals surface area contributed by atoms with Crippen LogP contribution in [0.3, 0.4) is 0 Å². The molecule has 18 heavy (non-hydrogen) atoms. The van der Waals surface area contributed by atoms with Gasteiger partial charge in [0, 0.05) is 10.7 Å². The molecule has 0 fully saturated rings. The average molecular weight is 309 g/mol. The first-order valence-corrected chi connectivity index (χ1v) is 5.87. The van der Waals surface area contributed by atoms with Crippen molar-refractivity contribution in [1.29, 1.82) is 0 Å². The van der Waals surface area contributed by atoms with Crippen LogP contribution in [0, 0.1) is 5.92 Å². The van der Waals surface area contributed by atoms with Crippen molar-refractivity contribution in [3.63, 3.8) is 0 Å². The fraction of sp³-hybridized carbons (Fsp3) is 0.0909. The number of nitrogens with one attached hydrogen (secondary N) is 2. The van der Waals surface area contributed by atoms with E-state index in [4.69, 9.17) is 0 Å². The molecule has 1 aliphatic heterocycles. The van der Waals surface area contributed by atoms with Crippen LogP contribution in [0.4, 0.5) is 0 Å². The molecule has 0 bridgehead atoms. The third-order valence-electron chi connectivity index (χ3n) is 2.20. The van der Waals surface area contributed by atoms with Crippen molar-refractivity contribution in [2.24, 2.45) is 16.1 Å². The van der Waals surface area contributed by atoms with E-state index in [2.05, 4.69) is 37.0 Å². The summed E-state index contributed by atoms with van der Waals surface area (Å²) in [5.41, 5.74) is 5.29. The largest absolute Gasteiger partial charge is 0.272 e. The van der Waals surface area contributed by atoms with Crippen LogP contribution >= 0.6 is 15.9 Å². The lowest BCUT2D eigenvalue weighted by Crippen LogP contribution is -2.34. The number of hydrogen-bond donors (Lipinski definition) is 2. The second-order valence-corrected chi connectivity index (χ2v) is 4.44. The minimum Gasteiger partial charge on any atom is -0.272 e. The smallest absolute Gasteiger partial charge is 0.258 e. The number of hydrazone groups is 2. The SMILES string of the molecule is O=C1NN=C[C@@H]1C(=O)N/N=C\c1cccc(Br)c1. The van der Waals surface area contributed by atoms with Crippen molar-refractivity contribution in [2.45, 2.75) is 0 Å². The number of nitrogens with zero attached hydrogens (tertiary/aromatic N) is 2. The molecule has 0 spiro atoms. The number of carbonyl (C=O) groups excluding carboxylic acids is 2. The number of halogens is 1. The summed E-state index contributed by atoms with van der Waals surface area (Å²) in [6.07, 6.45) is 2.74. The highest BCUT2D eigenvalue weighted by molar-refractivity contribution is 9.10. The Morgan fingerprint density at radius 2 is 2.39 bits per heavy atom. The molecule has 0 aromatic heterocycles. The van der Waals surface area contributed by atoms with E-state index in [-0.39, 0.29) is 0 Å². The van der Waals surface area contributed by atoms with Crippen molar-refractivity contribution in [3.05, 3.63) is 34.3 Å². The van der Waals surface area contributed by atoms with E-state index in [1.807, 2.05) is 24.3 Å².